The van der Waals surface area contributed by atoms with Crippen LogP contribution in [-0.2, 0) is 9.59 Å². The monoisotopic (exact) mass is 291 g/mol. The van der Waals surface area contributed by atoms with Gasteiger partial charge in [-0.2, -0.15) is 0 Å². The number of aryl methyl sites for hydroxylation is 1. The Hall–Kier alpha value is -1.88. The van der Waals surface area contributed by atoms with Crippen molar-refractivity contribution in [3.05, 3.63) is 23.8 Å². The highest BCUT2D eigenvalue weighted by atomic mass is 16.2. The van der Waals surface area contributed by atoms with Gasteiger partial charge in [-0.15, -0.1) is 0 Å². The Morgan fingerprint density at radius 1 is 1.24 bits per heavy atom. The normalized spacial score (nSPS) is 12.7. The molecule has 0 aromatic heterocycles. The summed E-state index contributed by atoms with van der Waals surface area (Å²) in [6.45, 7) is 9.54. The van der Waals surface area contributed by atoms with Crippen molar-refractivity contribution in [1.82, 2.24) is 0 Å². The summed E-state index contributed by atoms with van der Waals surface area (Å²) in [4.78, 5) is 23.9. The third-order valence-corrected chi connectivity index (χ3v) is 3.24. The summed E-state index contributed by atoms with van der Waals surface area (Å²) in [6, 6.07) is 5.43. The quantitative estimate of drug-likeness (QED) is 0.797. The van der Waals surface area contributed by atoms with Crippen LogP contribution in [-0.4, -0.2) is 18.4 Å². The highest BCUT2D eigenvalue weighted by molar-refractivity contribution is 5.97. The zero-order chi connectivity index (χ0) is 16.2. The third-order valence-electron chi connectivity index (χ3n) is 3.24. The largest absolute Gasteiger partial charge is 0.330 e. The summed E-state index contributed by atoms with van der Waals surface area (Å²) in [5.74, 6) is -0.447. The lowest BCUT2D eigenvalue weighted by Gasteiger charge is -2.19. The number of nitrogens with one attached hydrogen (secondary N) is 2. The van der Waals surface area contributed by atoms with E-state index >= 15 is 0 Å². The van der Waals surface area contributed by atoms with Crippen LogP contribution in [0.5, 0.6) is 0 Å². The molecule has 1 unspecified atom stereocenters. The van der Waals surface area contributed by atoms with Crippen LogP contribution in [0.4, 0.5) is 11.4 Å². The predicted molar refractivity (Wildman–Crippen MR) is 86.1 cm³/mol. The van der Waals surface area contributed by atoms with Gasteiger partial charge in [0.1, 0.15) is 0 Å². The molecule has 0 saturated carbocycles. The van der Waals surface area contributed by atoms with Crippen molar-refractivity contribution in [1.29, 1.82) is 0 Å². The molecule has 1 aromatic rings. The molecule has 0 fully saturated rings. The number of rotatable bonds is 4. The molecule has 21 heavy (non-hydrogen) atoms. The maximum Gasteiger partial charge on any atom is 0.229 e. The zero-order valence-electron chi connectivity index (χ0n) is 13.4. The first-order valence-electron chi connectivity index (χ1n) is 7.08. The van der Waals surface area contributed by atoms with E-state index < -0.39 is 5.41 Å². The van der Waals surface area contributed by atoms with Crippen LogP contribution in [0.1, 0.15) is 33.3 Å². The molecule has 0 saturated heterocycles. The average molecular weight is 291 g/mol. The molecule has 0 heterocycles. The van der Waals surface area contributed by atoms with Gasteiger partial charge in [0.05, 0.1) is 0 Å². The molecule has 116 valence electrons. The summed E-state index contributed by atoms with van der Waals surface area (Å²) >= 11 is 0. The number of nitrogens with two attached hydrogens (primary N) is 1. The van der Waals surface area contributed by atoms with Crippen molar-refractivity contribution < 1.29 is 9.59 Å². The Kier molecular flexibility index (Phi) is 5.49. The van der Waals surface area contributed by atoms with Crippen LogP contribution in [0.3, 0.4) is 0 Å². The van der Waals surface area contributed by atoms with Crippen molar-refractivity contribution in [2.45, 2.75) is 34.6 Å². The van der Waals surface area contributed by atoms with Gasteiger partial charge in [0.15, 0.2) is 0 Å². The Balaban J connectivity index is 2.90. The summed E-state index contributed by atoms with van der Waals surface area (Å²) in [7, 11) is 0. The molecule has 0 aliphatic heterocycles. The first-order valence-corrected chi connectivity index (χ1v) is 7.08. The average Bonchev–Trinajstić information content (AvgIpc) is 2.40. The molecule has 5 nitrogen and oxygen atoms in total. The number of carbonyl (C=O) groups excluding carboxylic acids is 2. The van der Waals surface area contributed by atoms with E-state index in [-0.39, 0.29) is 17.7 Å². The topological polar surface area (TPSA) is 84.2 Å². The Morgan fingerprint density at radius 2 is 1.86 bits per heavy atom. The van der Waals surface area contributed by atoms with E-state index in [1.54, 1.807) is 13.0 Å². The molecule has 1 aromatic carbocycles. The van der Waals surface area contributed by atoms with E-state index in [1.807, 2.05) is 39.8 Å². The lowest BCUT2D eigenvalue weighted by atomic mass is 9.95. The van der Waals surface area contributed by atoms with Crippen molar-refractivity contribution in [2.75, 3.05) is 17.2 Å². The van der Waals surface area contributed by atoms with Crippen LogP contribution < -0.4 is 16.4 Å². The Labute approximate surface area is 126 Å². The van der Waals surface area contributed by atoms with Crippen LogP contribution in [0.15, 0.2) is 18.2 Å². The second kappa shape index (κ2) is 6.72. The minimum atomic E-state index is -0.472. The van der Waals surface area contributed by atoms with Gasteiger partial charge in [-0.05, 0) is 24.6 Å². The fourth-order valence-corrected chi connectivity index (χ4v) is 1.52. The smallest absolute Gasteiger partial charge is 0.229 e. The molecular formula is C16H25N3O2. The standard InChI is InChI=1S/C16H25N3O2/c1-10-6-7-12(18-14(20)11(2)9-17)8-13(10)19-15(21)16(3,4)5/h6-8,11H,9,17H2,1-5H3,(H,18,20)(H,19,21). The number of amides is 2. The van der Waals surface area contributed by atoms with E-state index in [4.69, 9.17) is 5.73 Å². The van der Waals surface area contributed by atoms with Crippen molar-refractivity contribution >= 4 is 23.2 Å². The highest BCUT2D eigenvalue weighted by Crippen LogP contribution is 2.23. The van der Waals surface area contributed by atoms with Gasteiger partial charge in [-0.3, -0.25) is 9.59 Å². The number of carbonyl (C=O) groups is 2. The van der Waals surface area contributed by atoms with Crippen molar-refractivity contribution in [3.63, 3.8) is 0 Å². The van der Waals surface area contributed by atoms with Gasteiger partial charge >= 0.3 is 0 Å². The lowest BCUT2D eigenvalue weighted by Crippen LogP contribution is -2.28. The van der Waals surface area contributed by atoms with Gasteiger partial charge in [0.2, 0.25) is 11.8 Å². The number of anilines is 2. The summed E-state index contributed by atoms with van der Waals surface area (Å²) in [5, 5.41) is 5.69. The maximum absolute atomic E-state index is 12.1. The highest BCUT2D eigenvalue weighted by Gasteiger charge is 2.22. The Bertz CT molecular complexity index is 533. The van der Waals surface area contributed by atoms with E-state index in [0.29, 0.717) is 17.9 Å². The van der Waals surface area contributed by atoms with Crippen LogP contribution in [0.25, 0.3) is 0 Å². The summed E-state index contributed by atoms with van der Waals surface area (Å²) < 4.78 is 0. The molecule has 0 bridgehead atoms. The molecule has 0 aliphatic carbocycles. The molecule has 5 heteroatoms. The first kappa shape index (κ1) is 17.2. The van der Waals surface area contributed by atoms with E-state index in [0.717, 1.165) is 5.56 Å². The summed E-state index contributed by atoms with van der Waals surface area (Å²) in [5.41, 5.74) is 7.30. The first-order chi connectivity index (χ1) is 9.65. The second-order valence-electron chi connectivity index (χ2n) is 6.36. The molecule has 1 atom stereocenters. The lowest BCUT2D eigenvalue weighted by molar-refractivity contribution is -0.123. The van der Waals surface area contributed by atoms with E-state index in [1.165, 1.54) is 0 Å². The van der Waals surface area contributed by atoms with Crippen LogP contribution in [0.2, 0.25) is 0 Å². The minimum absolute atomic E-state index is 0.0654. The van der Waals surface area contributed by atoms with E-state index in [2.05, 4.69) is 10.6 Å². The van der Waals surface area contributed by atoms with Crippen LogP contribution >= 0.6 is 0 Å². The number of hydrogen-bond acceptors (Lipinski definition) is 3. The van der Waals surface area contributed by atoms with Crippen molar-refractivity contribution in [2.24, 2.45) is 17.1 Å². The minimum Gasteiger partial charge on any atom is -0.330 e. The van der Waals surface area contributed by atoms with Gasteiger partial charge in [-0.25, -0.2) is 0 Å². The van der Waals surface area contributed by atoms with Crippen LogP contribution in [0, 0.1) is 18.3 Å². The SMILES string of the molecule is Cc1ccc(NC(=O)C(C)CN)cc1NC(=O)C(C)(C)C. The predicted octanol–water partition coefficient (Wildman–Crippen LogP) is 2.51. The fourth-order valence-electron chi connectivity index (χ4n) is 1.52. The number of benzene rings is 1. The van der Waals surface area contributed by atoms with Gasteiger partial charge in [0.25, 0.3) is 0 Å². The third kappa shape index (κ3) is 4.86. The molecular weight excluding hydrogens is 266 g/mol. The van der Waals surface area contributed by atoms with Gasteiger partial charge in [0, 0.05) is 29.3 Å². The fraction of sp³-hybridized carbons (Fsp3) is 0.500. The zero-order valence-corrected chi connectivity index (χ0v) is 13.4. The number of hydrogen-bond donors (Lipinski definition) is 3. The maximum atomic E-state index is 12.1. The summed E-state index contributed by atoms with van der Waals surface area (Å²) in [6.07, 6.45) is 0. The van der Waals surface area contributed by atoms with Crippen molar-refractivity contribution in [3.8, 4) is 0 Å². The molecule has 0 aliphatic rings. The molecule has 0 radical (unpaired) electrons. The molecule has 2 amide bonds. The molecule has 4 N–H and O–H groups in total. The van der Waals surface area contributed by atoms with Gasteiger partial charge in [-0.1, -0.05) is 33.8 Å². The second-order valence-corrected chi connectivity index (χ2v) is 6.36. The van der Waals surface area contributed by atoms with Gasteiger partial charge < -0.3 is 16.4 Å². The van der Waals surface area contributed by atoms with E-state index in [9.17, 15) is 9.59 Å². The molecule has 0 spiro atoms. The molecule has 1 rings (SSSR count). The Morgan fingerprint density at radius 3 is 2.38 bits per heavy atom.